The van der Waals surface area contributed by atoms with Crippen molar-refractivity contribution in [1.29, 1.82) is 0 Å². The average Bonchev–Trinajstić information content (AvgIpc) is 2.49. The molecule has 3 nitrogen and oxygen atoms in total. The molecule has 0 bridgehead atoms. The van der Waals surface area contributed by atoms with Crippen LogP contribution >= 0.6 is 0 Å². The van der Waals surface area contributed by atoms with Crippen LogP contribution in [0.5, 0.6) is 0 Å². The first kappa shape index (κ1) is 13.0. The molecular formula is C14H19FN2O. The molecule has 0 radical (unpaired) electrons. The van der Waals surface area contributed by atoms with Gasteiger partial charge in [0, 0.05) is 6.04 Å². The summed E-state index contributed by atoms with van der Waals surface area (Å²) >= 11 is 0. The monoisotopic (exact) mass is 250 g/mol. The van der Waals surface area contributed by atoms with Crippen LogP contribution in [-0.4, -0.2) is 5.91 Å². The molecule has 1 aliphatic heterocycles. The minimum absolute atomic E-state index is 0.111. The molecule has 1 unspecified atom stereocenters. The predicted octanol–water partition coefficient (Wildman–Crippen LogP) is 2.71. The fraction of sp³-hybridized carbons (Fsp3) is 0.500. The van der Waals surface area contributed by atoms with Crippen LogP contribution in [0.25, 0.3) is 0 Å². The molecule has 1 aromatic rings. The highest BCUT2D eigenvalue weighted by Crippen LogP contribution is 2.42. The van der Waals surface area contributed by atoms with Crippen molar-refractivity contribution >= 4 is 11.6 Å². The van der Waals surface area contributed by atoms with Crippen molar-refractivity contribution < 1.29 is 9.18 Å². The standard InChI is InChI=1S/C14H19FN2O/c1-7(2)11(16)9-5-8(15)6-10-12(9)17-13(18)14(10,3)4/h5-7,11H,16H2,1-4H3,(H,17,18). The third-order valence-electron chi connectivity index (χ3n) is 3.69. The minimum atomic E-state index is -0.705. The zero-order valence-corrected chi connectivity index (χ0v) is 11.2. The van der Waals surface area contributed by atoms with Crippen molar-refractivity contribution in [1.82, 2.24) is 0 Å². The van der Waals surface area contributed by atoms with E-state index in [1.165, 1.54) is 12.1 Å². The summed E-state index contributed by atoms with van der Waals surface area (Å²) in [6.07, 6.45) is 0. The van der Waals surface area contributed by atoms with Crippen LogP contribution in [0.3, 0.4) is 0 Å². The highest BCUT2D eigenvalue weighted by molar-refractivity contribution is 6.06. The van der Waals surface area contributed by atoms with E-state index in [-0.39, 0.29) is 23.7 Å². The summed E-state index contributed by atoms with van der Waals surface area (Å²) in [5.74, 6) is -0.277. The maximum atomic E-state index is 13.7. The Balaban J connectivity index is 2.63. The number of carbonyl (C=O) groups is 1. The SMILES string of the molecule is CC(C)C(N)c1cc(F)cc2c1NC(=O)C2(C)C. The molecule has 0 aromatic heterocycles. The number of nitrogens with one attached hydrogen (secondary N) is 1. The van der Waals surface area contributed by atoms with E-state index in [0.717, 1.165) is 0 Å². The topological polar surface area (TPSA) is 55.1 Å². The molecule has 18 heavy (non-hydrogen) atoms. The molecule has 1 atom stereocenters. The zero-order chi connectivity index (χ0) is 13.7. The second-order valence-electron chi connectivity index (χ2n) is 5.77. The normalized spacial score (nSPS) is 18.7. The lowest BCUT2D eigenvalue weighted by molar-refractivity contribution is -0.119. The third kappa shape index (κ3) is 1.81. The number of amides is 1. The lowest BCUT2D eigenvalue weighted by Crippen LogP contribution is -2.26. The Morgan fingerprint density at radius 3 is 2.50 bits per heavy atom. The van der Waals surface area contributed by atoms with Crippen molar-refractivity contribution in [3.63, 3.8) is 0 Å². The molecule has 3 N–H and O–H groups in total. The molecule has 0 aliphatic carbocycles. The fourth-order valence-corrected chi connectivity index (χ4v) is 2.27. The molecule has 0 fully saturated rings. The average molecular weight is 250 g/mol. The van der Waals surface area contributed by atoms with E-state index in [2.05, 4.69) is 5.32 Å². The van der Waals surface area contributed by atoms with Crippen molar-refractivity contribution in [2.45, 2.75) is 39.2 Å². The molecule has 1 aromatic carbocycles. The van der Waals surface area contributed by atoms with E-state index < -0.39 is 5.41 Å². The molecule has 1 aliphatic rings. The number of benzene rings is 1. The molecule has 4 heteroatoms. The van der Waals surface area contributed by atoms with Crippen LogP contribution in [0.1, 0.15) is 44.9 Å². The number of fused-ring (bicyclic) bond motifs is 1. The van der Waals surface area contributed by atoms with Crippen LogP contribution in [0, 0.1) is 11.7 Å². The van der Waals surface area contributed by atoms with Crippen LogP contribution in [0.15, 0.2) is 12.1 Å². The Kier molecular flexibility index (Phi) is 2.93. The first-order valence-corrected chi connectivity index (χ1v) is 6.16. The van der Waals surface area contributed by atoms with Gasteiger partial charge in [0.25, 0.3) is 0 Å². The smallest absolute Gasteiger partial charge is 0.234 e. The van der Waals surface area contributed by atoms with Gasteiger partial charge in [-0.3, -0.25) is 4.79 Å². The summed E-state index contributed by atoms with van der Waals surface area (Å²) in [7, 11) is 0. The van der Waals surface area contributed by atoms with E-state index in [0.29, 0.717) is 16.8 Å². The number of carbonyl (C=O) groups excluding carboxylic acids is 1. The van der Waals surface area contributed by atoms with Crippen molar-refractivity contribution in [2.24, 2.45) is 11.7 Å². The lowest BCUT2D eigenvalue weighted by Gasteiger charge is -2.20. The number of anilines is 1. The maximum absolute atomic E-state index is 13.7. The second kappa shape index (κ2) is 4.05. The third-order valence-corrected chi connectivity index (χ3v) is 3.69. The molecule has 0 saturated heterocycles. The Bertz CT molecular complexity index is 509. The van der Waals surface area contributed by atoms with Gasteiger partial charge in [-0.05, 0) is 43.0 Å². The van der Waals surface area contributed by atoms with Gasteiger partial charge >= 0.3 is 0 Å². The largest absolute Gasteiger partial charge is 0.325 e. The molecule has 0 spiro atoms. The van der Waals surface area contributed by atoms with Crippen molar-refractivity contribution in [2.75, 3.05) is 5.32 Å². The summed E-state index contributed by atoms with van der Waals surface area (Å²) in [6.45, 7) is 7.53. The Morgan fingerprint density at radius 2 is 1.94 bits per heavy atom. The predicted molar refractivity (Wildman–Crippen MR) is 69.8 cm³/mol. The summed E-state index contributed by atoms with van der Waals surface area (Å²) in [6, 6.07) is 2.55. The van der Waals surface area contributed by atoms with Gasteiger partial charge in [-0.2, -0.15) is 0 Å². The first-order chi connectivity index (χ1) is 8.25. The van der Waals surface area contributed by atoms with Crippen molar-refractivity contribution in [3.8, 4) is 0 Å². The van der Waals surface area contributed by atoms with Crippen LogP contribution in [-0.2, 0) is 10.2 Å². The lowest BCUT2D eigenvalue weighted by atomic mass is 9.84. The molecule has 98 valence electrons. The van der Waals surface area contributed by atoms with Gasteiger partial charge in [-0.1, -0.05) is 13.8 Å². The Hall–Kier alpha value is -1.42. The quantitative estimate of drug-likeness (QED) is 0.848. The Morgan fingerprint density at radius 1 is 1.33 bits per heavy atom. The van der Waals surface area contributed by atoms with Gasteiger partial charge in [-0.25, -0.2) is 4.39 Å². The van der Waals surface area contributed by atoms with Gasteiger partial charge in [0.15, 0.2) is 0 Å². The van der Waals surface area contributed by atoms with Gasteiger partial charge in [0.05, 0.1) is 11.1 Å². The first-order valence-electron chi connectivity index (χ1n) is 6.16. The molecule has 1 amide bonds. The van der Waals surface area contributed by atoms with Gasteiger partial charge in [-0.15, -0.1) is 0 Å². The van der Waals surface area contributed by atoms with E-state index in [1.54, 1.807) is 13.8 Å². The number of hydrogen-bond acceptors (Lipinski definition) is 2. The zero-order valence-electron chi connectivity index (χ0n) is 11.2. The number of nitrogens with two attached hydrogens (primary N) is 1. The fourth-order valence-electron chi connectivity index (χ4n) is 2.27. The molecule has 0 saturated carbocycles. The summed E-state index contributed by atoms with van der Waals surface area (Å²) in [5, 5.41) is 2.83. The van der Waals surface area contributed by atoms with E-state index in [1.807, 2.05) is 13.8 Å². The summed E-state index contributed by atoms with van der Waals surface area (Å²) in [4.78, 5) is 11.9. The van der Waals surface area contributed by atoms with E-state index >= 15 is 0 Å². The van der Waals surface area contributed by atoms with Gasteiger partial charge < -0.3 is 11.1 Å². The number of halogens is 1. The van der Waals surface area contributed by atoms with Crippen LogP contribution in [0.4, 0.5) is 10.1 Å². The van der Waals surface area contributed by atoms with Crippen LogP contribution in [0.2, 0.25) is 0 Å². The van der Waals surface area contributed by atoms with E-state index in [9.17, 15) is 9.18 Å². The summed E-state index contributed by atoms with van der Waals surface area (Å²) in [5.41, 5.74) is 7.45. The van der Waals surface area contributed by atoms with E-state index in [4.69, 9.17) is 5.73 Å². The second-order valence-corrected chi connectivity index (χ2v) is 5.77. The molecule has 2 rings (SSSR count). The van der Waals surface area contributed by atoms with Crippen LogP contribution < -0.4 is 11.1 Å². The van der Waals surface area contributed by atoms with Gasteiger partial charge in [0.2, 0.25) is 5.91 Å². The number of rotatable bonds is 2. The highest BCUT2D eigenvalue weighted by atomic mass is 19.1. The summed E-state index contributed by atoms with van der Waals surface area (Å²) < 4.78 is 13.7. The molecule has 1 heterocycles. The Labute approximate surface area is 107 Å². The maximum Gasteiger partial charge on any atom is 0.234 e. The van der Waals surface area contributed by atoms with Crippen molar-refractivity contribution in [3.05, 3.63) is 29.1 Å². The van der Waals surface area contributed by atoms with Gasteiger partial charge in [0.1, 0.15) is 5.82 Å². The highest BCUT2D eigenvalue weighted by Gasteiger charge is 2.40. The minimum Gasteiger partial charge on any atom is -0.325 e. The molecular weight excluding hydrogens is 231 g/mol. The number of hydrogen-bond donors (Lipinski definition) is 2.